The van der Waals surface area contributed by atoms with Crippen LogP contribution in [0.3, 0.4) is 0 Å². The van der Waals surface area contributed by atoms with Gasteiger partial charge in [0.2, 0.25) is 0 Å². The Morgan fingerprint density at radius 1 is 1.50 bits per heavy atom. The van der Waals surface area contributed by atoms with E-state index >= 15 is 0 Å². The summed E-state index contributed by atoms with van der Waals surface area (Å²) in [6.45, 7) is 5.81. The Kier molecular flexibility index (Phi) is 1.70. The summed E-state index contributed by atoms with van der Waals surface area (Å²) in [7, 11) is 0. The van der Waals surface area contributed by atoms with E-state index in [1.54, 1.807) is 6.08 Å². The van der Waals surface area contributed by atoms with Crippen molar-refractivity contribution in [2.24, 2.45) is 0 Å². The van der Waals surface area contributed by atoms with Crippen LogP contribution in [0, 0.1) is 6.92 Å². The van der Waals surface area contributed by atoms with E-state index in [2.05, 4.69) is 36.1 Å². The van der Waals surface area contributed by atoms with Gasteiger partial charge in [-0.15, -0.1) is 0 Å². The minimum atomic E-state index is 0.999. The van der Waals surface area contributed by atoms with Gasteiger partial charge in [-0.2, -0.15) is 4.37 Å². The molecular formula is C10H9NS. The van der Waals surface area contributed by atoms with E-state index in [0.717, 1.165) is 5.69 Å². The van der Waals surface area contributed by atoms with Crippen molar-refractivity contribution < 1.29 is 0 Å². The molecule has 0 aliphatic carbocycles. The van der Waals surface area contributed by atoms with E-state index in [1.807, 2.05) is 0 Å². The molecule has 0 radical (unpaired) electrons. The lowest BCUT2D eigenvalue weighted by Gasteiger charge is -1.91. The van der Waals surface area contributed by atoms with Gasteiger partial charge in [-0.05, 0) is 36.7 Å². The van der Waals surface area contributed by atoms with E-state index < -0.39 is 0 Å². The van der Waals surface area contributed by atoms with Crippen molar-refractivity contribution in [1.29, 1.82) is 0 Å². The molecule has 2 rings (SSSR count). The summed E-state index contributed by atoms with van der Waals surface area (Å²) in [5.74, 6) is 0. The molecule has 0 saturated heterocycles. The van der Waals surface area contributed by atoms with Crippen molar-refractivity contribution in [2.45, 2.75) is 6.92 Å². The number of rotatable bonds is 1. The van der Waals surface area contributed by atoms with Gasteiger partial charge >= 0.3 is 0 Å². The molecule has 60 valence electrons. The molecular weight excluding hydrogens is 166 g/mol. The van der Waals surface area contributed by atoms with Crippen LogP contribution in [0.1, 0.15) is 11.3 Å². The first-order chi connectivity index (χ1) is 5.81. The Labute approximate surface area is 75.5 Å². The predicted molar refractivity (Wildman–Crippen MR) is 54.4 cm³/mol. The number of benzene rings is 1. The molecule has 0 saturated carbocycles. The molecule has 1 aromatic carbocycles. The molecule has 12 heavy (non-hydrogen) atoms. The smallest absolute Gasteiger partial charge is 0.0841 e. The Balaban J connectivity index is 2.83. The molecule has 0 spiro atoms. The molecule has 2 aromatic rings. The minimum Gasteiger partial charge on any atom is -0.192 e. The largest absolute Gasteiger partial charge is 0.192 e. The van der Waals surface area contributed by atoms with Crippen LogP contribution in [0.5, 0.6) is 0 Å². The maximum atomic E-state index is 4.28. The van der Waals surface area contributed by atoms with E-state index in [0.29, 0.717) is 0 Å². The zero-order chi connectivity index (χ0) is 8.55. The fourth-order valence-corrected chi connectivity index (χ4v) is 1.98. The van der Waals surface area contributed by atoms with Crippen LogP contribution in [0.4, 0.5) is 0 Å². The summed E-state index contributed by atoms with van der Waals surface area (Å²) in [6, 6.07) is 6.36. The summed E-state index contributed by atoms with van der Waals surface area (Å²) in [4.78, 5) is 0. The SMILES string of the molecule is C=Cc1nsc2ccc(C)cc12. The molecule has 2 heteroatoms. The molecule has 1 nitrogen and oxygen atoms in total. The van der Waals surface area contributed by atoms with Gasteiger partial charge in [-0.1, -0.05) is 18.2 Å². The fourth-order valence-electron chi connectivity index (χ4n) is 1.22. The molecule has 0 N–H and O–H groups in total. The fraction of sp³-hybridized carbons (Fsp3) is 0.100. The maximum absolute atomic E-state index is 4.28. The predicted octanol–water partition coefficient (Wildman–Crippen LogP) is 3.25. The number of nitrogens with zero attached hydrogens (tertiary/aromatic N) is 1. The lowest BCUT2D eigenvalue weighted by Crippen LogP contribution is -1.72. The zero-order valence-electron chi connectivity index (χ0n) is 6.87. The van der Waals surface area contributed by atoms with Crippen molar-refractivity contribution in [3.05, 3.63) is 36.0 Å². The second-order valence-electron chi connectivity index (χ2n) is 2.77. The molecule has 0 fully saturated rings. The Bertz CT molecular complexity index is 428. The van der Waals surface area contributed by atoms with Gasteiger partial charge in [0, 0.05) is 5.39 Å². The molecule has 1 aromatic heterocycles. The van der Waals surface area contributed by atoms with Gasteiger partial charge in [-0.25, -0.2) is 0 Å². The third kappa shape index (κ3) is 1.04. The van der Waals surface area contributed by atoms with Crippen LogP contribution >= 0.6 is 11.5 Å². The van der Waals surface area contributed by atoms with Crippen LogP contribution in [0.2, 0.25) is 0 Å². The van der Waals surface area contributed by atoms with Crippen LogP contribution in [0.15, 0.2) is 24.8 Å². The quantitative estimate of drug-likeness (QED) is 0.648. The lowest BCUT2D eigenvalue weighted by molar-refractivity contribution is 1.49. The van der Waals surface area contributed by atoms with Crippen LogP contribution in [-0.2, 0) is 0 Å². The lowest BCUT2D eigenvalue weighted by atomic mass is 10.1. The van der Waals surface area contributed by atoms with Crippen LogP contribution < -0.4 is 0 Å². The molecule has 0 atom stereocenters. The second-order valence-corrected chi connectivity index (χ2v) is 3.58. The standard InChI is InChI=1S/C10H9NS/c1-3-9-8-6-7(2)4-5-10(8)12-11-9/h3-6H,1H2,2H3. The maximum Gasteiger partial charge on any atom is 0.0841 e. The van der Waals surface area contributed by atoms with Gasteiger partial charge in [0.05, 0.1) is 10.4 Å². The third-order valence-electron chi connectivity index (χ3n) is 1.85. The average Bonchev–Trinajstić information content (AvgIpc) is 2.46. The summed E-state index contributed by atoms with van der Waals surface area (Å²) >= 11 is 1.53. The molecule has 0 unspecified atom stereocenters. The number of aryl methyl sites for hydroxylation is 1. The second kappa shape index (κ2) is 2.72. The van der Waals surface area contributed by atoms with Gasteiger partial charge < -0.3 is 0 Å². The highest BCUT2D eigenvalue weighted by molar-refractivity contribution is 7.13. The van der Waals surface area contributed by atoms with E-state index in [-0.39, 0.29) is 0 Å². The van der Waals surface area contributed by atoms with Crippen molar-refractivity contribution in [3.63, 3.8) is 0 Å². The highest BCUT2D eigenvalue weighted by Crippen LogP contribution is 2.24. The van der Waals surface area contributed by atoms with E-state index in [1.165, 1.54) is 27.2 Å². The van der Waals surface area contributed by atoms with Crippen molar-refractivity contribution in [3.8, 4) is 0 Å². The monoisotopic (exact) mass is 175 g/mol. The Morgan fingerprint density at radius 3 is 3.08 bits per heavy atom. The third-order valence-corrected chi connectivity index (χ3v) is 2.69. The number of hydrogen-bond acceptors (Lipinski definition) is 2. The number of hydrogen-bond donors (Lipinski definition) is 0. The highest BCUT2D eigenvalue weighted by atomic mass is 32.1. The van der Waals surface area contributed by atoms with Crippen molar-refractivity contribution in [2.75, 3.05) is 0 Å². The number of aromatic nitrogens is 1. The van der Waals surface area contributed by atoms with Crippen LogP contribution in [0.25, 0.3) is 16.2 Å². The summed E-state index contributed by atoms with van der Waals surface area (Å²) in [5, 5.41) is 1.22. The van der Waals surface area contributed by atoms with Gasteiger partial charge in [0.1, 0.15) is 0 Å². The summed E-state index contributed by atoms with van der Waals surface area (Å²) in [6.07, 6.45) is 1.80. The minimum absolute atomic E-state index is 0.999. The summed E-state index contributed by atoms with van der Waals surface area (Å²) < 4.78 is 5.51. The Hall–Kier alpha value is -1.15. The first kappa shape index (κ1) is 7.50. The summed E-state index contributed by atoms with van der Waals surface area (Å²) in [5.41, 5.74) is 2.27. The first-order valence-corrected chi connectivity index (χ1v) is 4.57. The molecule has 0 amide bonds. The van der Waals surface area contributed by atoms with Gasteiger partial charge in [0.25, 0.3) is 0 Å². The van der Waals surface area contributed by atoms with E-state index in [4.69, 9.17) is 0 Å². The zero-order valence-corrected chi connectivity index (χ0v) is 7.69. The van der Waals surface area contributed by atoms with Crippen molar-refractivity contribution >= 4 is 27.7 Å². The first-order valence-electron chi connectivity index (χ1n) is 3.80. The molecule has 0 aliphatic rings. The van der Waals surface area contributed by atoms with Gasteiger partial charge in [0.15, 0.2) is 0 Å². The topological polar surface area (TPSA) is 12.9 Å². The van der Waals surface area contributed by atoms with E-state index in [9.17, 15) is 0 Å². The normalized spacial score (nSPS) is 10.4. The van der Waals surface area contributed by atoms with Crippen molar-refractivity contribution in [1.82, 2.24) is 4.37 Å². The molecule has 1 heterocycles. The van der Waals surface area contributed by atoms with Crippen LogP contribution in [-0.4, -0.2) is 4.37 Å². The molecule has 0 bridgehead atoms. The molecule has 0 aliphatic heterocycles. The number of fused-ring (bicyclic) bond motifs is 1. The van der Waals surface area contributed by atoms with Gasteiger partial charge in [-0.3, -0.25) is 0 Å². The highest BCUT2D eigenvalue weighted by Gasteiger charge is 2.01. The average molecular weight is 175 g/mol. The Morgan fingerprint density at radius 2 is 2.33 bits per heavy atom.